The van der Waals surface area contributed by atoms with Crippen molar-refractivity contribution in [3.8, 4) is 0 Å². The van der Waals surface area contributed by atoms with Gasteiger partial charge in [-0.25, -0.2) is 13.2 Å². The van der Waals surface area contributed by atoms with Crippen LogP contribution in [0, 0.1) is 0 Å². The van der Waals surface area contributed by atoms with Crippen molar-refractivity contribution in [1.82, 2.24) is 19.8 Å². The number of rotatable bonds is 4. The minimum atomic E-state index is -3.58. The maximum atomic E-state index is 12.5. The molecular weight excluding hydrogens is 348 g/mol. The van der Waals surface area contributed by atoms with Crippen molar-refractivity contribution in [3.05, 3.63) is 30.3 Å². The molecule has 1 aromatic rings. The van der Waals surface area contributed by atoms with Gasteiger partial charge in [0, 0.05) is 26.2 Å². The molecule has 0 unspecified atom stereocenters. The molecule has 9 nitrogen and oxygen atoms in total. The molecule has 2 fully saturated rings. The van der Waals surface area contributed by atoms with Gasteiger partial charge in [0.2, 0.25) is 15.9 Å². The highest BCUT2D eigenvalue weighted by atomic mass is 32.2. The summed E-state index contributed by atoms with van der Waals surface area (Å²) in [6, 6.07) is 6.66. The van der Waals surface area contributed by atoms with E-state index >= 15 is 0 Å². The molecule has 1 atom stereocenters. The van der Waals surface area contributed by atoms with E-state index in [-0.39, 0.29) is 43.4 Å². The fourth-order valence-corrected chi connectivity index (χ4v) is 4.27. The number of sulfonamides is 1. The van der Waals surface area contributed by atoms with E-state index in [1.54, 1.807) is 18.2 Å². The standard InChI is InChI=1S/C15H18N4O5S/c20-13(10-12-14(21)17-15(22)16-12)18-6-8-19(9-7-18)25(23,24)11-4-2-1-3-5-11/h1-5,12H,6-10H2,(H2,16,17,21,22)/t12-/m1/s1. The summed E-state index contributed by atoms with van der Waals surface area (Å²) in [5, 5.41) is 4.45. The maximum Gasteiger partial charge on any atom is 0.322 e. The van der Waals surface area contributed by atoms with Gasteiger partial charge in [-0.3, -0.25) is 14.9 Å². The lowest BCUT2D eigenvalue weighted by molar-refractivity contribution is -0.134. The molecule has 134 valence electrons. The molecule has 0 saturated carbocycles. The number of nitrogens with one attached hydrogen (secondary N) is 2. The van der Waals surface area contributed by atoms with Crippen LogP contribution in [0.5, 0.6) is 0 Å². The molecular formula is C15H18N4O5S. The van der Waals surface area contributed by atoms with E-state index in [0.717, 1.165) is 0 Å². The maximum absolute atomic E-state index is 12.5. The Morgan fingerprint density at radius 2 is 1.72 bits per heavy atom. The predicted octanol–water partition coefficient (Wildman–Crippen LogP) is -0.882. The average Bonchev–Trinajstić information content (AvgIpc) is 2.93. The number of hydrogen-bond acceptors (Lipinski definition) is 5. The van der Waals surface area contributed by atoms with Gasteiger partial charge in [-0.05, 0) is 12.1 Å². The number of nitrogens with zero attached hydrogens (tertiary/aromatic N) is 2. The van der Waals surface area contributed by atoms with Crippen molar-refractivity contribution >= 4 is 27.9 Å². The summed E-state index contributed by atoms with van der Waals surface area (Å²) < 4.78 is 26.4. The molecule has 2 heterocycles. The Hall–Kier alpha value is -2.46. The molecule has 0 spiro atoms. The van der Waals surface area contributed by atoms with Gasteiger partial charge in [0.15, 0.2) is 0 Å². The van der Waals surface area contributed by atoms with Gasteiger partial charge in [0.25, 0.3) is 5.91 Å². The molecule has 2 aliphatic rings. The number of imide groups is 1. The Morgan fingerprint density at radius 1 is 1.08 bits per heavy atom. The second-order valence-electron chi connectivity index (χ2n) is 5.82. The normalized spacial score (nSPS) is 21.8. The Kier molecular flexibility index (Phi) is 4.73. The van der Waals surface area contributed by atoms with Gasteiger partial charge in [-0.2, -0.15) is 4.31 Å². The number of benzene rings is 1. The molecule has 4 amide bonds. The third kappa shape index (κ3) is 3.64. The zero-order valence-corrected chi connectivity index (χ0v) is 14.2. The lowest BCUT2D eigenvalue weighted by atomic mass is 10.2. The fraction of sp³-hybridized carbons (Fsp3) is 0.400. The Balaban J connectivity index is 1.57. The number of hydrogen-bond donors (Lipinski definition) is 2. The first-order chi connectivity index (χ1) is 11.9. The average molecular weight is 366 g/mol. The van der Waals surface area contributed by atoms with Crippen LogP contribution in [-0.4, -0.2) is 67.7 Å². The van der Waals surface area contributed by atoms with E-state index < -0.39 is 28.0 Å². The Morgan fingerprint density at radius 3 is 2.28 bits per heavy atom. The predicted molar refractivity (Wildman–Crippen MR) is 86.9 cm³/mol. The highest BCUT2D eigenvalue weighted by molar-refractivity contribution is 7.89. The summed E-state index contributed by atoms with van der Waals surface area (Å²) in [6.07, 6.45) is -0.136. The van der Waals surface area contributed by atoms with Crippen molar-refractivity contribution in [2.45, 2.75) is 17.4 Å². The molecule has 2 aliphatic heterocycles. The van der Waals surface area contributed by atoms with Crippen LogP contribution < -0.4 is 10.6 Å². The largest absolute Gasteiger partial charge is 0.340 e. The molecule has 0 bridgehead atoms. The highest BCUT2D eigenvalue weighted by Crippen LogP contribution is 2.17. The summed E-state index contributed by atoms with van der Waals surface area (Å²) in [6.45, 7) is 0.860. The lowest BCUT2D eigenvalue weighted by Gasteiger charge is -2.34. The summed E-state index contributed by atoms with van der Waals surface area (Å²) in [4.78, 5) is 36.5. The summed E-state index contributed by atoms with van der Waals surface area (Å²) >= 11 is 0. The van der Waals surface area contributed by atoms with Crippen molar-refractivity contribution in [2.24, 2.45) is 0 Å². The van der Waals surface area contributed by atoms with Crippen molar-refractivity contribution in [2.75, 3.05) is 26.2 Å². The van der Waals surface area contributed by atoms with Crippen LogP contribution >= 0.6 is 0 Å². The van der Waals surface area contributed by atoms with Crippen LogP contribution in [-0.2, 0) is 19.6 Å². The van der Waals surface area contributed by atoms with Gasteiger partial charge in [-0.1, -0.05) is 18.2 Å². The fourth-order valence-electron chi connectivity index (χ4n) is 2.83. The second-order valence-corrected chi connectivity index (χ2v) is 7.76. The number of amides is 4. The van der Waals surface area contributed by atoms with Gasteiger partial charge >= 0.3 is 6.03 Å². The Bertz CT molecular complexity index is 787. The zero-order chi connectivity index (χ0) is 18.0. The monoisotopic (exact) mass is 366 g/mol. The first-order valence-corrected chi connectivity index (χ1v) is 9.26. The summed E-state index contributed by atoms with van der Waals surface area (Å²) in [7, 11) is -3.58. The van der Waals surface area contributed by atoms with Crippen molar-refractivity contribution in [3.63, 3.8) is 0 Å². The summed E-state index contributed by atoms with van der Waals surface area (Å²) in [5.41, 5.74) is 0. The molecule has 25 heavy (non-hydrogen) atoms. The van der Waals surface area contributed by atoms with E-state index in [0.29, 0.717) is 0 Å². The first kappa shape index (κ1) is 17.4. The molecule has 2 saturated heterocycles. The van der Waals surface area contributed by atoms with E-state index in [1.165, 1.54) is 21.3 Å². The van der Waals surface area contributed by atoms with E-state index in [1.807, 2.05) is 0 Å². The number of carbonyl (C=O) groups is 3. The van der Waals surface area contributed by atoms with Gasteiger partial charge in [-0.15, -0.1) is 0 Å². The minimum absolute atomic E-state index is 0.136. The molecule has 0 aliphatic carbocycles. The van der Waals surface area contributed by atoms with E-state index in [2.05, 4.69) is 10.6 Å². The quantitative estimate of drug-likeness (QED) is 0.671. The molecule has 1 aromatic carbocycles. The molecule has 10 heteroatoms. The lowest BCUT2D eigenvalue weighted by Crippen LogP contribution is -2.51. The van der Waals surface area contributed by atoms with Crippen LogP contribution in [0.3, 0.4) is 0 Å². The molecule has 3 rings (SSSR count). The first-order valence-electron chi connectivity index (χ1n) is 7.82. The minimum Gasteiger partial charge on any atom is -0.340 e. The smallest absolute Gasteiger partial charge is 0.322 e. The molecule has 2 N–H and O–H groups in total. The van der Waals surface area contributed by atoms with Crippen LogP contribution in [0.2, 0.25) is 0 Å². The third-order valence-electron chi connectivity index (χ3n) is 4.21. The highest BCUT2D eigenvalue weighted by Gasteiger charge is 2.34. The van der Waals surface area contributed by atoms with Crippen molar-refractivity contribution in [1.29, 1.82) is 0 Å². The third-order valence-corrected chi connectivity index (χ3v) is 6.12. The number of carbonyl (C=O) groups excluding carboxylic acids is 3. The van der Waals surface area contributed by atoms with Gasteiger partial charge in [0.05, 0.1) is 11.3 Å². The van der Waals surface area contributed by atoms with Crippen LogP contribution in [0.15, 0.2) is 35.2 Å². The zero-order valence-electron chi connectivity index (χ0n) is 13.3. The van der Waals surface area contributed by atoms with Crippen LogP contribution in [0.25, 0.3) is 0 Å². The Labute approximate surface area is 145 Å². The summed E-state index contributed by atoms with van der Waals surface area (Å²) in [5.74, 6) is -0.817. The van der Waals surface area contributed by atoms with Gasteiger partial charge in [0.1, 0.15) is 6.04 Å². The molecule has 0 aromatic heterocycles. The molecule has 0 radical (unpaired) electrons. The number of piperazine rings is 1. The van der Waals surface area contributed by atoms with Crippen LogP contribution in [0.4, 0.5) is 4.79 Å². The SMILES string of the molecule is O=C1NC(=O)[C@@H](CC(=O)N2CCN(S(=O)(=O)c3ccccc3)CC2)N1. The van der Waals surface area contributed by atoms with Crippen LogP contribution in [0.1, 0.15) is 6.42 Å². The number of urea groups is 1. The van der Waals surface area contributed by atoms with Crippen molar-refractivity contribution < 1.29 is 22.8 Å². The van der Waals surface area contributed by atoms with E-state index in [4.69, 9.17) is 0 Å². The second kappa shape index (κ2) is 6.81. The topological polar surface area (TPSA) is 116 Å². The van der Waals surface area contributed by atoms with Gasteiger partial charge < -0.3 is 10.2 Å². The van der Waals surface area contributed by atoms with E-state index in [9.17, 15) is 22.8 Å².